The van der Waals surface area contributed by atoms with Gasteiger partial charge in [-0.15, -0.1) is 0 Å². The van der Waals surface area contributed by atoms with Crippen LogP contribution >= 0.6 is 10.8 Å². The van der Waals surface area contributed by atoms with E-state index in [0.29, 0.717) is 23.1 Å². The van der Waals surface area contributed by atoms with Crippen LogP contribution in [0, 0.1) is 0 Å². The maximum Gasteiger partial charge on any atom is 0.319 e. The van der Waals surface area contributed by atoms with Crippen molar-refractivity contribution in [1.29, 1.82) is 0 Å². The Morgan fingerprint density at radius 1 is 1.00 bits per heavy atom. The van der Waals surface area contributed by atoms with Crippen LogP contribution in [0.15, 0.2) is 0 Å². The van der Waals surface area contributed by atoms with Gasteiger partial charge in [0.05, 0.1) is 0 Å². The highest BCUT2D eigenvalue weighted by molar-refractivity contribution is 8.69. The lowest BCUT2D eigenvalue weighted by Gasteiger charge is -2.03. The van der Waals surface area contributed by atoms with E-state index in [0.717, 1.165) is 13.0 Å². The van der Waals surface area contributed by atoms with E-state index in [-0.39, 0.29) is 0 Å². The van der Waals surface area contributed by atoms with Crippen molar-refractivity contribution in [3.05, 3.63) is 0 Å². The van der Waals surface area contributed by atoms with Gasteiger partial charge in [0.15, 0.2) is 0 Å². The van der Waals surface area contributed by atoms with Crippen LogP contribution in [-0.4, -0.2) is 31.8 Å². The minimum Gasteiger partial charge on any atom is -0.316 e. The normalized spacial score (nSPS) is 11.9. The van der Waals surface area contributed by atoms with E-state index in [1.807, 2.05) is 0 Å². The average molecular weight is 283 g/mol. The molecule has 0 aliphatic rings. The van der Waals surface area contributed by atoms with E-state index in [9.17, 15) is 8.42 Å². The number of hydrogen-bond donors (Lipinski definition) is 2. The molecule has 0 aromatic carbocycles. The highest BCUT2D eigenvalue weighted by Crippen LogP contribution is 2.08. The smallest absolute Gasteiger partial charge is 0.316 e. The lowest BCUT2D eigenvalue weighted by atomic mass is 10.1. The molecule has 0 saturated heterocycles. The molecule has 4 nitrogen and oxygen atoms in total. The molecule has 0 aliphatic carbocycles. The summed E-state index contributed by atoms with van der Waals surface area (Å²) in [5, 5.41) is 3.16. The molecule has 0 atom stereocenters. The molecule has 104 valence electrons. The van der Waals surface area contributed by atoms with Gasteiger partial charge in [-0.1, -0.05) is 45.4 Å². The Morgan fingerprint density at radius 2 is 1.59 bits per heavy atom. The second-order valence-corrected chi connectivity index (χ2v) is 7.59. The van der Waals surface area contributed by atoms with Gasteiger partial charge in [0.2, 0.25) is 0 Å². The van der Waals surface area contributed by atoms with Crippen molar-refractivity contribution in [1.82, 2.24) is 5.32 Å². The predicted molar refractivity (Wildman–Crippen MR) is 74.9 cm³/mol. The van der Waals surface area contributed by atoms with Crippen molar-refractivity contribution >= 4 is 19.9 Å². The van der Waals surface area contributed by atoms with Gasteiger partial charge in [-0.05, 0) is 23.8 Å². The van der Waals surface area contributed by atoms with Gasteiger partial charge < -0.3 is 5.32 Å². The Hall–Kier alpha value is 0.220. The molecule has 0 heterocycles. The maximum atomic E-state index is 10.4. The monoisotopic (exact) mass is 283 g/mol. The van der Waals surface area contributed by atoms with Crippen LogP contribution in [0.2, 0.25) is 0 Å². The second-order valence-electron chi connectivity index (χ2n) is 4.12. The third kappa shape index (κ3) is 16.2. The minimum atomic E-state index is -3.86. The van der Waals surface area contributed by atoms with E-state index in [2.05, 4.69) is 12.2 Å². The molecule has 0 rings (SSSR count). The molecule has 0 aliphatic heterocycles. The Labute approximate surface area is 109 Å². The van der Waals surface area contributed by atoms with Crippen molar-refractivity contribution < 1.29 is 13.0 Å². The highest BCUT2D eigenvalue weighted by atomic mass is 33.1. The quantitative estimate of drug-likeness (QED) is 0.327. The molecule has 0 radical (unpaired) electrons. The zero-order valence-corrected chi connectivity index (χ0v) is 12.3. The average Bonchev–Trinajstić information content (AvgIpc) is 2.24. The molecule has 0 amide bonds. The molecule has 0 spiro atoms. The van der Waals surface area contributed by atoms with Crippen LogP contribution in [-0.2, 0) is 9.15 Å². The predicted octanol–water partition coefficient (Wildman–Crippen LogP) is 2.86. The molecule has 6 heteroatoms. The van der Waals surface area contributed by atoms with E-state index in [1.54, 1.807) is 0 Å². The first kappa shape index (κ1) is 17.2. The molecule has 17 heavy (non-hydrogen) atoms. The summed E-state index contributed by atoms with van der Waals surface area (Å²) >= 11 is 0. The van der Waals surface area contributed by atoms with E-state index in [1.165, 1.54) is 38.5 Å². The summed E-state index contributed by atoms with van der Waals surface area (Å²) in [7, 11) is -3.28. The van der Waals surface area contributed by atoms with Crippen LogP contribution in [0.4, 0.5) is 0 Å². The van der Waals surface area contributed by atoms with Crippen molar-refractivity contribution in [2.45, 2.75) is 51.9 Å². The first-order valence-electron chi connectivity index (χ1n) is 6.39. The first-order chi connectivity index (χ1) is 8.06. The molecule has 0 saturated carbocycles. The van der Waals surface area contributed by atoms with Gasteiger partial charge in [-0.25, -0.2) is 0 Å². The maximum absolute atomic E-state index is 10.4. The van der Waals surface area contributed by atoms with Gasteiger partial charge >= 0.3 is 9.15 Å². The van der Waals surface area contributed by atoms with Crippen molar-refractivity contribution in [2.75, 3.05) is 18.8 Å². The highest BCUT2D eigenvalue weighted by Gasteiger charge is 2.03. The van der Waals surface area contributed by atoms with Crippen LogP contribution in [0.1, 0.15) is 51.9 Å². The molecule has 0 fully saturated rings. The number of unbranched alkanes of at least 4 members (excludes halogenated alkanes) is 6. The zero-order valence-electron chi connectivity index (χ0n) is 10.7. The van der Waals surface area contributed by atoms with E-state index >= 15 is 0 Å². The summed E-state index contributed by atoms with van der Waals surface area (Å²) in [5.41, 5.74) is 0. The molecule has 0 bridgehead atoms. The zero-order chi connectivity index (χ0) is 13.0. The summed E-state index contributed by atoms with van der Waals surface area (Å²) in [6.45, 7) is 3.77. The van der Waals surface area contributed by atoms with Gasteiger partial charge in [0.1, 0.15) is 0 Å². The summed E-state index contributed by atoms with van der Waals surface area (Å²) in [5.74, 6) is 0.398. The third-order valence-electron chi connectivity index (χ3n) is 2.47. The first-order valence-corrected chi connectivity index (χ1v) is 9.33. The van der Waals surface area contributed by atoms with E-state index < -0.39 is 9.15 Å². The fourth-order valence-corrected chi connectivity index (χ4v) is 2.87. The minimum absolute atomic E-state index is 0.398. The lowest BCUT2D eigenvalue weighted by molar-refractivity contribution is 0.503. The topological polar surface area (TPSA) is 66.4 Å². The van der Waals surface area contributed by atoms with Crippen molar-refractivity contribution in [3.8, 4) is 0 Å². The van der Waals surface area contributed by atoms with Crippen LogP contribution in [0.5, 0.6) is 0 Å². The van der Waals surface area contributed by atoms with Gasteiger partial charge in [-0.3, -0.25) is 4.55 Å². The van der Waals surface area contributed by atoms with Gasteiger partial charge in [0.25, 0.3) is 0 Å². The molecular formula is C11H25NO3S2. The van der Waals surface area contributed by atoms with Crippen LogP contribution in [0.25, 0.3) is 0 Å². The Morgan fingerprint density at radius 3 is 2.18 bits per heavy atom. The van der Waals surface area contributed by atoms with Crippen molar-refractivity contribution in [3.63, 3.8) is 0 Å². The second kappa shape index (κ2) is 11.3. The summed E-state index contributed by atoms with van der Waals surface area (Å²) in [4.78, 5) is 0. The standard InChI is InChI=1S/C11H25NO3S2/c1-2-3-4-5-6-7-8-9-12-10-11-16-17(13,14)15/h12H,2-11H2,1H3,(H,13,14,15). The van der Waals surface area contributed by atoms with Gasteiger partial charge in [0, 0.05) is 12.3 Å². The Balaban J connectivity index is 3.04. The molecule has 2 N–H and O–H groups in total. The number of nitrogens with one attached hydrogen (secondary N) is 1. The SMILES string of the molecule is CCCCCCCCCNCCSS(=O)(=O)O. The molecule has 0 aromatic rings. The van der Waals surface area contributed by atoms with Crippen molar-refractivity contribution in [2.24, 2.45) is 0 Å². The fraction of sp³-hybridized carbons (Fsp3) is 1.00. The van der Waals surface area contributed by atoms with Gasteiger partial charge in [-0.2, -0.15) is 8.42 Å². The largest absolute Gasteiger partial charge is 0.319 e. The van der Waals surface area contributed by atoms with Crippen LogP contribution < -0.4 is 5.32 Å². The summed E-state index contributed by atoms with van der Waals surface area (Å²) < 4.78 is 29.2. The molecule has 0 aromatic heterocycles. The fourth-order valence-electron chi connectivity index (χ4n) is 1.55. The Kier molecular flexibility index (Phi) is 11.5. The Bertz CT molecular complexity index is 255. The summed E-state index contributed by atoms with van der Waals surface area (Å²) in [6, 6.07) is 0. The summed E-state index contributed by atoms with van der Waals surface area (Å²) in [6.07, 6.45) is 8.96. The molecule has 0 unspecified atom stereocenters. The molecular weight excluding hydrogens is 258 g/mol. The van der Waals surface area contributed by atoms with E-state index in [4.69, 9.17) is 4.55 Å². The van der Waals surface area contributed by atoms with Crippen LogP contribution in [0.3, 0.4) is 0 Å². The third-order valence-corrected chi connectivity index (χ3v) is 4.53. The number of hydrogen-bond acceptors (Lipinski definition) is 4. The number of rotatable bonds is 12. The lowest BCUT2D eigenvalue weighted by Crippen LogP contribution is -2.18.